The third-order valence-corrected chi connectivity index (χ3v) is 5.34. The molecule has 0 aromatic heterocycles. The number of halogens is 1. The molecule has 0 saturated carbocycles. The van der Waals surface area contributed by atoms with Gasteiger partial charge < -0.3 is 24.4 Å². The maximum Gasteiger partial charge on any atom is 0.308 e. The van der Waals surface area contributed by atoms with Gasteiger partial charge in [0.25, 0.3) is 5.91 Å². The Labute approximate surface area is 201 Å². The minimum atomic E-state index is -0.973. The molecule has 1 unspecified atom stereocenters. The van der Waals surface area contributed by atoms with Gasteiger partial charge in [-0.15, -0.1) is 0 Å². The number of benzene rings is 2. The lowest BCUT2D eigenvalue weighted by Crippen LogP contribution is -2.58. The summed E-state index contributed by atoms with van der Waals surface area (Å²) < 4.78 is 17.2. The number of esters is 1. The Morgan fingerprint density at radius 3 is 2.64 bits per heavy atom. The van der Waals surface area contributed by atoms with Gasteiger partial charge in [0.2, 0.25) is 5.91 Å². The number of rotatable bonds is 9. The predicted molar refractivity (Wildman–Crippen MR) is 125 cm³/mol. The van der Waals surface area contributed by atoms with Crippen LogP contribution in [0.1, 0.15) is 30.6 Å². The molecular formula is C24H27BrN2O6. The van der Waals surface area contributed by atoms with Crippen molar-refractivity contribution in [2.75, 3.05) is 26.3 Å². The maximum absolute atomic E-state index is 13.4. The minimum Gasteiger partial charge on any atom is -0.490 e. The van der Waals surface area contributed by atoms with Crippen LogP contribution in [0.2, 0.25) is 0 Å². The lowest BCUT2D eigenvalue weighted by Gasteiger charge is -2.35. The van der Waals surface area contributed by atoms with E-state index in [4.69, 9.17) is 14.2 Å². The molecule has 1 aliphatic rings. The Balaban J connectivity index is 1.64. The van der Waals surface area contributed by atoms with Crippen molar-refractivity contribution in [2.45, 2.75) is 32.4 Å². The molecule has 1 fully saturated rings. The molecule has 2 aromatic carbocycles. The van der Waals surface area contributed by atoms with Crippen LogP contribution in [0.3, 0.4) is 0 Å². The van der Waals surface area contributed by atoms with Gasteiger partial charge in [0.1, 0.15) is 30.8 Å². The summed E-state index contributed by atoms with van der Waals surface area (Å²) in [6, 6.07) is 13.3. The fraction of sp³-hybridized carbons (Fsp3) is 0.375. The van der Waals surface area contributed by atoms with E-state index in [9.17, 15) is 14.4 Å². The van der Waals surface area contributed by atoms with Crippen LogP contribution in [0.25, 0.3) is 0 Å². The van der Waals surface area contributed by atoms with Crippen molar-refractivity contribution >= 4 is 33.7 Å². The molecule has 3 rings (SSSR count). The van der Waals surface area contributed by atoms with Crippen LogP contribution in [0.4, 0.5) is 0 Å². The Morgan fingerprint density at radius 1 is 1.15 bits per heavy atom. The van der Waals surface area contributed by atoms with E-state index in [0.29, 0.717) is 28.1 Å². The summed E-state index contributed by atoms with van der Waals surface area (Å²) in [6.45, 7) is 4.52. The fourth-order valence-electron chi connectivity index (χ4n) is 3.39. The molecule has 2 aromatic rings. The fourth-order valence-corrected chi connectivity index (χ4v) is 3.75. The lowest BCUT2D eigenvalue weighted by atomic mass is 10.1. The maximum atomic E-state index is 13.4. The van der Waals surface area contributed by atoms with Crippen molar-refractivity contribution in [3.8, 4) is 11.5 Å². The lowest BCUT2D eigenvalue weighted by molar-refractivity contribution is -0.148. The average molecular weight is 519 g/mol. The molecular weight excluding hydrogens is 492 g/mol. The number of para-hydroxylation sites is 1. The van der Waals surface area contributed by atoms with Crippen molar-refractivity contribution in [3.63, 3.8) is 0 Å². The molecule has 1 saturated heterocycles. The Bertz CT molecular complexity index is 982. The molecule has 8 nitrogen and oxygen atoms in total. The average Bonchev–Trinajstić information content (AvgIpc) is 2.79. The monoisotopic (exact) mass is 518 g/mol. The van der Waals surface area contributed by atoms with Crippen molar-refractivity contribution in [1.82, 2.24) is 10.2 Å². The summed E-state index contributed by atoms with van der Waals surface area (Å²) in [4.78, 5) is 39.7. The zero-order chi connectivity index (χ0) is 23.8. The molecule has 9 heteroatoms. The first-order valence-corrected chi connectivity index (χ1v) is 11.5. The second kappa shape index (κ2) is 11.7. The van der Waals surface area contributed by atoms with Crippen LogP contribution in [0.5, 0.6) is 11.5 Å². The van der Waals surface area contributed by atoms with Crippen LogP contribution in [0, 0.1) is 0 Å². The summed E-state index contributed by atoms with van der Waals surface area (Å²) in [6.07, 6.45) is -0.386. The summed E-state index contributed by atoms with van der Waals surface area (Å²) in [7, 11) is 0. The predicted octanol–water partition coefficient (Wildman–Crippen LogP) is 3.19. The highest BCUT2D eigenvalue weighted by atomic mass is 79.9. The van der Waals surface area contributed by atoms with Gasteiger partial charge in [0, 0.05) is 17.6 Å². The Hall–Kier alpha value is -3.07. The number of ether oxygens (including phenoxy) is 3. The summed E-state index contributed by atoms with van der Waals surface area (Å²) in [5, 5.41) is 2.71. The number of amides is 2. The van der Waals surface area contributed by atoms with Crippen LogP contribution in [-0.4, -0.2) is 61.1 Å². The second-order valence-corrected chi connectivity index (χ2v) is 8.61. The van der Waals surface area contributed by atoms with Gasteiger partial charge in [-0.3, -0.25) is 14.4 Å². The van der Waals surface area contributed by atoms with Gasteiger partial charge >= 0.3 is 5.97 Å². The highest BCUT2D eigenvalue weighted by Crippen LogP contribution is 2.27. The molecule has 1 heterocycles. The molecule has 1 aliphatic heterocycles. The van der Waals surface area contributed by atoms with Gasteiger partial charge in [-0.1, -0.05) is 34.1 Å². The van der Waals surface area contributed by atoms with E-state index < -0.39 is 17.9 Å². The highest BCUT2D eigenvalue weighted by molar-refractivity contribution is 9.10. The van der Waals surface area contributed by atoms with Crippen molar-refractivity contribution in [3.05, 3.63) is 58.6 Å². The molecule has 1 N–H and O–H groups in total. The molecule has 33 heavy (non-hydrogen) atoms. The molecule has 0 aliphatic carbocycles. The smallest absolute Gasteiger partial charge is 0.308 e. The minimum absolute atomic E-state index is 0.0357. The molecule has 0 radical (unpaired) electrons. The van der Waals surface area contributed by atoms with Gasteiger partial charge in [-0.05, 0) is 44.2 Å². The normalized spacial score (nSPS) is 15.7. The van der Waals surface area contributed by atoms with E-state index in [1.807, 2.05) is 32.0 Å². The van der Waals surface area contributed by atoms with E-state index in [1.54, 1.807) is 30.3 Å². The first-order valence-electron chi connectivity index (χ1n) is 10.7. The summed E-state index contributed by atoms with van der Waals surface area (Å²) in [5.41, 5.74) is 0.322. The van der Waals surface area contributed by atoms with Crippen molar-refractivity contribution in [1.29, 1.82) is 0 Å². The van der Waals surface area contributed by atoms with Gasteiger partial charge in [-0.2, -0.15) is 0 Å². The molecule has 0 bridgehead atoms. The van der Waals surface area contributed by atoms with Gasteiger partial charge in [0.15, 0.2) is 0 Å². The van der Waals surface area contributed by atoms with Gasteiger partial charge in [0.05, 0.1) is 18.1 Å². The summed E-state index contributed by atoms with van der Waals surface area (Å²) in [5.74, 6) is -0.270. The number of carbonyl (C=O) groups excluding carboxylic acids is 3. The number of hydrogen-bond donors (Lipinski definition) is 1. The standard InChI is InChI=1S/C24H27BrN2O6/c1-16(2)33-21-9-8-17(25)14-19(21)24(30)27-11-10-26-23(29)20(27)15-22(28)32-13-12-31-18-6-4-3-5-7-18/h3-9,14,16,20H,10-13,15H2,1-2H3,(H,26,29). The largest absolute Gasteiger partial charge is 0.490 e. The van der Waals surface area contributed by atoms with E-state index in [-0.39, 0.29) is 38.2 Å². The molecule has 0 spiro atoms. The highest BCUT2D eigenvalue weighted by Gasteiger charge is 2.36. The third kappa shape index (κ3) is 6.95. The van der Waals surface area contributed by atoms with E-state index in [2.05, 4.69) is 21.2 Å². The third-order valence-electron chi connectivity index (χ3n) is 4.84. The number of piperazine rings is 1. The Kier molecular flexibility index (Phi) is 8.71. The second-order valence-electron chi connectivity index (χ2n) is 7.70. The first-order chi connectivity index (χ1) is 15.8. The van der Waals surface area contributed by atoms with E-state index in [0.717, 1.165) is 0 Å². The number of nitrogens with zero attached hydrogens (tertiary/aromatic N) is 1. The zero-order valence-electron chi connectivity index (χ0n) is 18.6. The Morgan fingerprint density at radius 2 is 1.91 bits per heavy atom. The quantitative estimate of drug-likeness (QED) is 0.404. The van der Waals surface area contributed by atoms with Crippen LogP contribution in [0.15, 0.2) is 53.0 Å². The number of nitrogens with one attached hydrogen (secondary N) is 1. The number of carbonyl (C=O) groups is 3. The van der Waals surface area contributed by atoms with Gasteiger partial charge in [-0.25, -0.2) is 0 Å². The molecule has 176 valence electrons. The SMILES string of the molecule is CC(C)Oc1ccc(Br)cc1C(=O)N1CCNC(=O)C1CC(=O)OCCOc1ccccc1. The van der Waals surface area contributed by atoms with E-state index in [1.165, 1.54) is 4.90 Å². The van der Waals surface area contributed by atoms with Crippen LogP contribution >= 0.6 is 15.9 Å². The molecule has 2 amide bonds. The van der Waals surface area contributed by atoms with Crippen molar-refractivity contribution in [2.24, 2.45) is 0 Å². The van der Waals surface area contributed by atoms with E-state index >= 15 is 0 Å². The zero-order valence-corrected chi connectivity index (χ0v) is 20.2. The molecule has 1 atom stereocenters. The van der Waals surface area contributed by atoms with Crippen LogP contribution in [-0.2, 0) is 14.3 Å². The van der Waals surface area contributed by atoms with Crippen LogP contribution < -0.4 is 14.8 Å². The topological polar surface area (TPSA) is 94.2 Å². The number of hydrogen-bond acceptors (Lipinski definition) is 6. The first kappa shape index (κ1) is 24.6. The summed E-state index contributed by atoms with van der Waals surface area (Å²) >= 11 is 3.38. The van der Waals surface area contributed by atoms with Crippen molar-refractivity contribution < 1.29 is 28.6 Å².